The number of carbonyl (C=O) groups excluding carboxylic acids is 2. The Labute approximate surface area is 139 Å². The molecule has 2 aromatic rings. The highest BCUT2D eigenvalue weighted by Gasteiger charge is 2.23. The van der Waals surface area contributed by atoms with Crippen molar-refractivity contribution in [1.29, 1.82) is 0 Å². The van der Waals surface area contributed by atoms with Gasteiger partial charge in [-0.2, -0.15) is 0 Å². The summed E-state index contributed by atoms with van der Waals surface area (Å²) >= 11 is 1.54. The summed E-state index contributed by atoms with van der Waals surface area (Å²) in [6.07, 6.45) is 1.61. The molecule has 0 bridgehead atoms. The molecule has 3 heterocycles. The van der Waals surface area contributed by atoms with Crippen LogP contribution in [-0.2, 0) is 0 Å². The van der Waals surface area contributed by atoms with Crippen molar-refractivity contribution in [3.05, 3.63) is 45.8 Å². The van der Waals surface area contributed by atoms with Crippen molar-refractivity contribution < 1.29 is 9.59 Å². The third kappa shape index (κ3) is 3.42. The van der Waals surface area contributed by atoms with Crippen LogP contribution < -0.4 is 4.90 Å². The molecular weight excluding hydrogens is 310 g/mol. The van der Waals surface area contributed by atoms with Gasteiger partial charge in [0.15, 0.2) is 5.78 Å². The fourth-order valence-electron chi connectivity index (χ4n) is 2.63. The molecule has 0 aromatic carbocycles. The molecule has 1 aliphatic rings. The van der Waals surface area contributed by atoms with Gasteiger partial charge in [-0.05, 0) is 38.1 Å². The molecule has 0 radical (unpaired) electrons. The topological polar surface area (TPSA) is 53.5 Å². The fourth-order valence-corrected chi connectivity index (χ4v) is 3.46. The minimum absolute atomic E-state index is 0.0192. The van der Waals surface area contributed by atoms with Crippen LogP contribution in [0.1, 0.15) is 31.8 Å². The lowest BCUT2D eigenvalue weighted by Crippen LogP contribution is -2.48. The Morgan fingerprint density at radius 3 is 2.35 bits per heavy atom. The van der Waals surface area contributed by atoms with E-state index in [1.165, 1.54) is 6.92 Å². The summed E-state index contributed by atoms with van der Waals surface area (Å²) < 4.78 is 0. The second kappa shape index (κ2) is 6.50. The Hall–Kier alpha value is -2.21. The van der Waals surface area contributed by atoms with E-state index in [0.29, 0.717) is 18.7 Å². The predicted octanol–water partition coefficient (Wildman–Crippen LogP) is 2.62. The largest absolute Gasteiger partial charge is 0.353 e. The second-order valence-electron chi connectivity index (χ2n) is 5.65. The van der Waals surface area contributed by atoms with E-state index < -0.39 is 0 Å². The summed E-state index contributed by atoms with van der Waals surface area (Å²) in [7, 11) is 0. The number of aryl methyl sites for hydroxylation is 1. The quantitative estimate of drug-likeness (QED) is 0.812. The molecule has 5 nitrogen and oxygen atoms in total. The van der Waals surface area contributed by atoms with Gasteiger partial charge in [0.1, 0.15) is 5.82 Å². The summed E-state index contributed by atoms with van der Waals surface area (Å²) in [5.74, 6) is 0.988. The first-order valence-electron chi connectivity index (χ1n) is 7.62. The molecule has 23 heavy (non-hydrogen) atoms. The number of amides is 1. The maximum atomic E-state index is 12.4. The minimum atomic E-state index is 0.0192. The normalized spacial score (nSPS) is 14.9. The molecule has 1 fully saturated rings. The van der Waals surface area contributed by atoms with E-state index in [4.69, 9.17) is 0 Å². The maximum Gasteiger partial charge on any atom is 0.264 e. The lowest BCUT2D eigenvalue weighted by molar-refractivity contribution is 0.0751. The first kappa shape index (κ1) is 15.7. The van der Waals surface area contributed by atoms with Gasteiger partial charge in [-0.25, -0.2) is 4.98 Å². The molecule has 0 N–H and O–H groups in total. The first-order chi connectivity index (χ1) is 11.0. The highest BCUT2D eigenvalue weighted by atomic mass is 32.1. The molecule has 0 unspecified atom stereocenters. The average molecular weight is 329 g/mol. The number of hydrogen-bond acceptors (Lipinski definition) is 5. The SMILES string of the molecule is CC(=O)c1ccc(N2CCN(C(=O)c3ccc(C)s3)CC2)nc1. The Balaban J connectivity index is 1.61. The monoisotopic (exact) mass is 329 g/mol. The standard InChI is InChI=1S/C17H19N3O2S/c1-12-3-5-15(23-12)17(22)20-9-7-19(8-10-20)16-6-4-14(11-18-16)13(2)21/h3-6,11H,7-10H2,1-2H3. The number of anilines is 1. The van der Waals surface area contributed by atoms with Gasteiger partial charge in [-0.1, -0.05) is 0 Å². The minimum Gasteiger partial charge on any atom is -0.353 e. The third-order valence-corrected chi connectivity index (χ3v) is 4.99. The van der Waals surface area contributed by atoms with E-state index in [-0.39, 0.29) is 11.7 Å². The Morgan fingerprint density at radius 2 is 1.83 bits per heavy atom. The fraction of sp³-hybridized carbons (Fsp3) is 0.353. The van der Waals surface area contributed by atoms with E-state index in [1.54, 1.807) is 23.6 Å². The highest BCUT2D eigenvalue weighted by molar-refractivity contribution is 7.13. The van der Waals surface area contributed by atoms with Crippen molar-refractivity contribution in [2.24, 2.45) is 0 Å². The van der Waals surface area contributed by atoms with Crippen LogP contribution in [0.15, 0.2) is 30.5 Å². The number of carbonyl (C=O) groups is 2. The van der Waals surface area contributed by atoms with Gasteiger partial charge in [-0.15, -0.1) is 11.3 Å². The predicted molar refractivity (Wildman–Crippen MR) is 91.4 cm³/mol. The number of Topliss-reactive ketones (excluding diaryl/α,β-unsaturated/α-hetero) is 1. The number of nitrogens with zero attached hydrogens (tertiary/aromatic N) is 3. The molecule has 0 spiro atoms. The van der Waals surface area contributed by atoms with Gasteiger partial charge in [0.2, 0.25) is 0 Å². The van der Waals surface area contributed by atoms with Crippen LogP contribution in [0.3, 0.4) is 0 Å². The van der Waals surface area contributed by atoms with Crippen molar-refractivity contribution in [2.75, 3.05) is 31.1 Å². The van der Waals surface area contributed by atoms with Gasteiger partial charge >= 0.3 is 0 Å². The molecular formula is C17H19N3O2S. The molecule has 1 saturated heterocycles. The molecule has 0 atom stereocenters. The molecule has 1 aliphatic heterocycles. The van der Waals surface area contributed by atoms with E-state index in [1.807, 2.05) is 30.0 Å². The zero-order valence-electron chi connectivity index (χ0n) is 13.3. The molecule has 0 aliphatic carbocycles. The summed E-state index contributed by atoms with van der Waals surface area (Å²) in [5.41, 5.74) is 0.621. The summed E-state index contributed by atoms with van der Waals surface area (Å²) in [5, 5.41) is 0. The molecule has 3 rings (SSSR count). The second-order valence-corrected chi connectivity index (χ2v) is 6.94. The van der Waals surface area contributed by atoms with Crippen LogP contribution in [0.25, 0.3) is 0 Å². The maximum absolute atomic E-state index is 12.4. The number of hydrogen-bond donors (Lipinski definition) is 0. The number of aromatic nitrogens is 1. The van der Waals surface area contributed by atoms with E-state index >= 15 is 0 Å². The summed E-state index contributed by atoms with van der Waals surface area (Å²) in [6, 6.07) is 7.55. The number of pyridine rings is 1. The number of ketones is 1. The zero-order valence-corrected chi connectivity index (χ0v) is 14.1. The van der Waals surface area contributed by atoms with Gasteiger partial charge < -0.3 is 9.80 Å². The Morgan fingerprint density at radius 1 is 1.09 bits per heavy atom. The molecule has 2 aromatic heterocycles. The van der Waals surface area contributed by atoms with Crippen molar-refractivity contribution in [1.82, 2.24) is 9.88 Å². The van der Waals surface area contributed by atoms with Gasteiger partial charge in [-0.3, -0.25) is 9.59 Å². The molecule has 120 valence electrons. The Bertz CT molecular complexity index is 716. The van der Waals surface area contributed by atoms with Gasteiger partial charge in [0, 0.05) is 42.8 Å². The van der Waals surface area contributed by atoms with Crippen molar-refractivity contribution >= 4 is 28.8 Å². The first-order valence-corrected chi connectivity index (χ1v) is 8.44. The third-order valence-electron chi connectivity index (χ3n) is 4.00. The number of piperazine rings is 1. The molecule has 6 heteroatoms. The summed E-state index contributed by atoms with van der Waals surface area (Å²) in [4.78, 5) is 34.1. The van der Waals surface area contributed by atoms with Crippen LogP contribution in [0.5, 0.6) is 0 Å². The van der Waals surface area contributed by atoms with Crippen LogP contribution in [0.2, 0.25) is 0 Å². The lowest BCUT2D eigenvalue weighted by atomic mass is 10.2. The lowest BCUT2D eigenvalue weighted by Gasteiger charge is -2.35. The van der Waals surface area contributed by atoms with E-state index in [2.05, 4.69) is 9.88 Å². The highest BCUT2D eigenvalue weighted by Crippen LogP contribution is 2.19. The van der Waals surface area contributed by atoms with Crippen molar-refractivity contribution in [2.45, 2.75) is 13.8 Å². The molecule has 1 amide bonds. The average Bonchev–Trinajstić information content (AvgIpc) is 3.01. The Kier molecular flexibility index (Phi) is 4.43. The van der Waals surface area contributed by atoms with Gasteiger partial charge in [0.05, 0.1) is 4.88 Å². The van der Waals surface area contributed by atoms with Gasteiger partial charge in [0.25, 0.3) is 5.91 Å². The number of rotatable bonds is 3. The zero-order chi connectivity index (χ0) is 16.4. The van der Waals surface area contributed by atoms with Crippen molar-refractivity contribution in [3.8, 4) is 0 Å². The van der Waals surface area contributed by atoms with Crippen LogP contribution in [0.4, 0.5) is 5.82 Å². The van der Waals surface area contributed by atoms with Crippen LogP contribution in [-0.4, -0.2) is 47.8 Å². The van der Waals surface area contributed by atoms with Crippen LogP contribution in [0, 0.1) is 6.92 Å². The summed E-state index contributed by atoms with van der Waals surface area (Å²) in [6.45, 7) is 6.42. The van der Waals surface area contributed by atoms with E-state index in [9.17, 15) is 9.59 Å². The number of thiophene rings is 1. The smallest absolute Gasteiger partial charge is 0.264 e. The van der Waals surface area contributed by atoms with Crippen molar-refractivity contribution in [3.63, 3.8) is 0 Å². The molecule has 0 saturated carbocycles. The van der Waals surface area contributed by atoms with Crippen LogP contribution >= 0.6 is 11.3 Å². The van der Waals surface area contributed by atoms with E-state index in [0.717, 1.165) is 28.7 Å².